The summed E-state index contributed by atoms with van der Waals surface area (Å²) in [5.74, 6) is 2.66. The summed E-state index contributed by atoms with van der Waals surface area (Å²) in [6.45, 7) is 2.56. The number of fused-ring (bicyclic) bond motifs is 2. The minimum atomic E-state index is -0.0905. The van der Waals surface area contributed by atoms with E-state index in [1.54, 1.807) is 12.1 Å². The van der Waals surface area contributed by atoms with Gasteiger partial charge in [0, 0.05) is 26.2 Å². The number of furan rings is 1. The van der Waals surface area contributed by atoms with Crippen molar-refractivity contribution in [3.63, 3.8) is 0 Å². The molecule has 0 radical (unpaired) electrons. The van der Waals surface area contributed by atoms with E-state index in [9.17, 15) is 4.79 Å². The summed E-state index contributed by atoms with van der Waals surface area (Å²) in [5, 5.41) is 0. The van der Waals surface area contributed by atoms with Crippen LogP contribution < -0.4 is 4.74 Å². The molecule has 0 N–H and O–H groups in total. The average Bonchev–Trinajstić information content (AvgIpc) is 3.12. The van der Waals surface area contributed by atoms with E-state index >= 15 is 0 Å². The van der Waals surface area contributed by atoms with Crippen molar-refractivity contribution in [3.8, 4) is 11.5 Å². The number of halogens is 1. The van der Waals surface area contributed by atoms with E-state index in [0.29, 0.717) is 36.6 Å². The van der Waals surface area contributed by atoms with Crippen molar-refractivity contribution in [2.24, 2.45) is 4.99 Å². The number of aliphatic imine (C=N–C) groups is 1. The van der Waals surface area contributed by atoms with Crippen LogP contribution >= 0.6 is 15.9 Å². The number of ether oxygens (including phenoxy) is 1. The zero-order valence-electron chi connectivity index (χ0n) is 15.5. The van der Waals surface area contributed by atoms with Gasteiger partial charge >= 0.3 is 0 Å². The van der Waals surface area contributed by atoms with Crippen molar-refractivity contribution in [2.75, 3.05) is 26.2 Å². The maximum absolute atomic E-state index is 12.7. The van der Waals surface area contributed by atoms with E-state index in [1.807, 2.05) is 53.4 Å². The predicted molar refractivity (Wildman–Crippen MR) is 113 cm³/mol. The summed E-state index contributed by atoms with van der Waals surface area (Å²) in [5.41, 5.74) is 1.76. The Hall–Kier alpha value is -3.06. The number of benzene rings is 2. The third-order valence-corrected chi connectivity index (χ3v) is 5.52. The van der Waals surface area contributed by atoms with Crippen molar-refractivity contribution in [1.82, 2.24) is 9.80 Å². The molecule has 1 fully saturated rings. The van der Waals surface area contributed by atoms with Crippen LogP contribution in [0.4, 0.5) is 5.69 Å². The number of amidine groups is 1. The minimum Gasteiger partial charge on any atom is -0.454 e. The Morgan fingerprint density at radius 2 is 1.62 bits per heavy atom. The van der Waals surface area contributed by atoms with Gasteiger partial charge in [0.15, 0.2) is 16.2 Å². The van der Waals surface area contributed by atoms with E-state index in [2.05, 4.69) is 20.8 Å². The number of carbonyl (C=O) groups excluding carboxylic acids is 1. The van der Waals surface area contributed by atoms with Gasteiger partial charge in [0.1, 0.15) is 17.3 Å². The molecule has 0 atom stereocenters. The van der Waals surface area contributed by atoms with Crippen LogP contribution in [0.1, 0.15) is 16.1 Å². The molecule has 146 valence electrons. The number of carbonyl (C=O) groups is 1. The van der Waals surface area contributed by atoms with Crippen LogP contribution in [0.3, 0.4) is 0 Å². The van der Waals surface area contributed by atoms with E-state index in [4.69, 9.17) is 14.1 Å². The molecular formula is C22H18BrN3O3. The molecule has 0 unspecified atom stereocenters. The number of hydrogen-bond acceptors (Lipinski definition) is 5. The van der Waals surface area contributed by atoms with Crippen molar-refractivity contribution >= 4 is 33.4 Å². The highest BCUT2D eigenvalue weighted by atomic mass is 79.9. The zero-order chi connectivity index (χ0) is 19.8. The summed E-state index contributed by atoms with van der Waals surface area (Å²) in [4.78, 5) is 21.6. The maximum atomic E-state index is 12.7. The number of para-hydroxylation sites is 3. The van der Waals surface area contributed by atoms with Crippen LogP contribution in [0.2, 0.25) is 0 Å². The van der Waals surface area contributed by atoms with Gasteiger partial charge in [-0.05, 0) is 52.3 Å². The molecule has 5 rings (SSSR count). The summed E-state index contributed by atoms with van der Waals surface area (Å²) < 4.78 is 12.1. The second-order valence-corrected chi connectivity index (χ2v) is 7.67. The van der Waals surface area contributed by atoms with Crippen molar-refractivity contribution in [2.45, 2.75) is 0 Å². The van der Waals surface area contributed by atoms with Crippen LogP contribution in [0, 0.1) is 0 Å². The monoisotopic (exact) mass is 451 g/mol. The molecule has 3 heterocycles. The van der Waals surface area contributed by atoms with Crippen LogP contribution in [0.5, 0.6) is 11.5 Å². The van der Waals surface area contributed by atoms with E-state index in [0.717, 1.165) is 28.6 Å². The molecule has 29 heavy (non-hydrogen) atoms. The van der Waals surface area contributed by atoms with Gasteiger partial charge in [0.2, 0.25) is 0 Å². The van der Waals surface area contributed by atoms with Gasteiger partial charge in [0.25, 0.3) is 5.91 Å². The lowest BCUT2D eigenvalue weighted by molar-refractivity contribution is 0.0659. The quantitative estimate of drug-likeness (QED) is 0.538. The van der Waals surface area contributed by atoms with Gasteiger partial charge in [-0.15, -0.1) is 0 Å². The Bertz CT molecular complexity index is 1100. The van der Waals surface area contributed by atoms with Crippen LogP contribution in [0.25, 0.3) is 0 Å². The molecule has 0 bridgehead atoms. The van der Waals surface area contributed by atoms with Crippen LogP contribution in [-0.4, -0.2) is 47.7 Å². The van der Waals surface area contributed by atoms with Crippen LogP contribution in [-0.2, 0) is 0 Å². The molecule has 1 amide bonds. The lowest BCUT2D eigenvalue weighted by Crippen LogP contribution is -2.50. The molecule has 2 aromatic carbocycles. The number of rotatable bonds is 1. The van der Waals surface area contributed by atoms with Crippen molar-refractivity contribution in [3.05, 3.63) is 76.7 Å². The van der Waals surface area contributed by atoms with Gasteiger partial charge in [0.05, 0.1) is 5.56 Å². The number of piperazine rings is 1. The first-order chi connectivity index (χ1) is 14.2. The molecule has 1 saturated heterocycles. The third kappa shape index (κ3) is 3.42. The molecule has 0 saturated carbocycles. The molecule has 2 aliphatic rings. The largest absolute Gasteiger partial charge is 0.454 e. The van der Waals surface area contributed by atoms with Crippen molar-refractivity contribution in [1.29, 1.82) is 0 Å². The fourth-order valence-electron chi connectivity index (χ4n) is 3.62. The molecule has 0 aliphatic carbocycles. The Morgan fingerprint density at radius 3 is 2.38 bits per heavy atom. The second-order valence-electron chi connectivity index (χ2n) is 6.88. The first-order valence-electron chi connectivity index (χ1n) is 9.43. The molecule has 0 spiro atoms. The number of hydrogen-bond donors (Lipinski definition) is 0. The summed E-state index contributed by atoms with van der Waals surface area (Å²) in [6, 6.07) is 19.1. The highest BCUT2D eigenvalue weighted by molar-refractivity contribution is 9.10. The van der Waals surface area contributed by atoms with Gasteiger partial charge in [-0.1, -0.05) is 24.3 Å². The van der Waals surface area contributed by atoms with Crippen molar-refractivity contribution < 1.29 is 13.9 Å². The topological polar surface area (TPSA) is 58.3 Å². The first kappa shape index (κ1) is 18.0. The van der Waals surface area contributed by atoms with E-state index in [1.165, 1.54) is 0 Å². The molecule has 6 nitrogen and oxygen atoms in total. The van der Waals surface area contributed by atoms with E-state index < -0.39 is 0 Å². The SMILES string of the molecule is O=C(c1ccc(Br)o1)N1CCN(C2=Nc3ccccc3Oc3ccccc32)CC1. The highest BCUT2D eigenvalue weighted by Gasteiger charge is 2.28. The minimum absolute atomic E-state index is 0.0905. The normalized spacial score (nSPS) is 15.7. The smallest absolute Gasteiger partial charge is 0.289 e. The Morgan fingerprint density at radius 1 is 0.897 bits per heavy atom. The Kier molecular flexibility index (Phi) is 4.60. The lowest BCUT2D eigenvalue weighted by Gasteiger charge is -2.36. The fraction of sp³-hybridized carbons (Fsp3) is 0.182. The van der Waals surface area contributed by atoms with Gasteiger partial charge in [-0.25, -0.2) is 4.99 Å². The summed E-state index contributed by atoms with van der Waals surface area (Å²) in [6.07, 6.45) is 0. The maximum Gasteiger partial charge on any atom is 0.289 e. The summed E-state index contributed by atoms with van der Waals surface area (Å²) in [7, 11) is 0. The third-order valence-electron chi connectivity index (χ3n) is 5.09. The number of amides is 1. The molecule has 2 aliphatic heterocycles. The molecule has 3 aromatic rings. The van der Waals surface area contributed by atoms with Gasteiger partial charge in [-0.2, -0.15) is 0 Å². The summed E-state index contributed by atoms with van der Waals surface area (Å²) >= 11 is 3.25. The van der Waals surface area contributed by atoms with Gasteiger partial charge < -0.3 is 19.0 Å². The lowest BCUT2D eigenvalue weighted by atomic mass is 10.1. The molecule has 7 heteroatoms. The predicted octanol–water partition coefficient (Wildman–Crippen LogP) is 4.68. The van der Waals surface area contributed by atoms with Gasteiger partial charge in [-0.3, -0.25) is 4.79 Å². The highest BCUT2D eigenvalue weighted by Crippen LogP contribution is 2.37. The fourth-order valence-corrected chi connectivity index (χ4v) is 3.92. The Labute approximate surface area is 176 Å². The van der Waals surface area contributed by atoms with Crippen LogP contribution in [0.15, 0.2) is 74.7 Å². The van der Waals surface area contributed by atoms with E-state index in [-0.39, 0.29) is 5.91 Å². The first-order valence-corrected chi connectivity index (χ1v) is 10.2. The molecular weight excluding hydrogens is 434 g/mol. The standard InChI is InChI=1S/C22H18BrN3O3/c23-20-10-9-19(29-20)22(27)26-13-11-25(12-14-26)21-15-5-1-3-7-17(15)28-18-8-4-2-6-16(18)24-21/h1-10H,11-14H2. The number of nitrogens with zero attached hydrogens (tertiary/aromatic N) is 3. The zero-order valence-corrected chi connectivity index (χ0v) is 17.1. The average molecular weight is 452 g/mol. The Balaban J connectivity index is 1.41. The second kappa shape index (κ2) is 7.40. The molecule has 1 aromatic heterocycles.